The van der Waals surface area contributed by atoms with E-state index in [2.05, 4.69) is 80.4 Å². The molecule has 0 spiro atoms. The Balaban J connectivity index is 1.22. The smallest absolute Gasteiger partial charge is 0.455 e. The molecule has 294 valence electrons. The highest BCUT2D eigenvalue weighted by molar-refractivity contribution is 6.99. The van der Waals surface area contributed by atoms with E-state index >= 15 is 0 Å². The van der Waals surface area contributed by atoms with Crippen molar-refractivity contribution < 1.29 is 28.8 Å². The van der Waals surface area contributed by atoms with Gasteiger partial charge in [0.25, 0.3) is 8.32 Å². The molecular weight excluding hydrogens is 739 g/mol. The molecule has 2 fully saturated rings. The molecule has 5 aromatic rings. The van der Waals surface area contributed by atoms with Crippen LogP contribution in [-0.4, -0.2) is 55.1 Å². The van der Waals surface area contributed by atoms with Crippen molar-refractivity contribution in [2.24, 2.45) is 17.8 Å². The molecule has 4 atom stereocenters. The van der Waals surface area contributed by atoms with Crippen molar-refractivity contribution in [3.63, 3.8) is 0 Å². The van der Waals surface area contributed by atoms with Gasteiger partial charge in [-0.15, -0.1) is 0 Å². The SMILES string of the molecule is CC(C)(C)[Si](OCC1=C2[C@@H](CC/C(=C/c3ccc(O)cc3)c3ccccn3)OB(O)C[C@@H]2[C@@H]2C(=O)N(c3ccccc3)C(=O)[C@@H]2C1)(c1ccccc1)c1ccccc1. The summed E-state index contributed by atoms with van der Waals surface area (Å²) >= 11 is 0. The summed E-state index contributed by atoms with van der Waals surface area (Å²) in [6, 6.07) is 43.0. The van der Waals surface area contributed by atoms with Crippen LogP contribution in [0, 0.1) is 17.8 Å². The third kappa shape index (κ3) is 7.53. The number of carbonyl (C=O) groups is 2. The van der Waals surface area contributed by atoms with Gasteiger partial charge >= 0.3 is 7.12 Å². The van der Waals surface area contributed by atoms with Crippen molar-refractivity contribution in [2.75, 3.05) is 11.5 Å². The van der Waals surface area contributed by atoms with E-state index in [1.54, 1.807) is 30.5 Å². The molecule has 2 amide bonds. The standard InChI is InChI=1S/C48H49BN2O6Si/c1-48(2,3)58(38-17-9-5-10-18-38,39-19-11-6-12-20-39)56-32-35-30-40-45(47(54)51(46(40)53)36-15-7-4-8-16-36)41-31-49(55)57-43(44(35)41)27-24-34(42-21-13-14-28-50-42)29-33-22-25-37(52)26-23-33/h4-23,25-26,28-29,40-41,43,45,52,55H,24,27,30-32H2,1-3H3/b34-29-/t40-,41+,43-,45-/m1/s1. The highest BCUT2D eigenvalue weighted by Crippen LogP contribution is 2.52. The normalized spacial score (nSPS) is 21.3. The topological polar surface area (TPSA) is 109 Å². The molecule has 58 heavy (non-hydrogen) atoms. The summed E-state index contributed by atoms with van der Waals surface area (Å²) in [7, 11) is -4.13. The Labute approximate surface area is 342 Å². The van der Waals surface area contributed by atoms with E-state index in [1.165, 1.54) is 4.90 Å². The van der Waals surface area contributed by atoms with Gasteiger partial charge in [0.15, 0.2) is 0 Å². The summed E-state index contributed by atoms with van der Waals surface area (Å²) in [5.41, 5.74) is 5.18. The molecule has 1 aromatic heterocycles. The van der Waals surface area contributed by atoms with Gasteiger partial charge < -0.3 is 19.2 Å². The average molecular weight is 789 g/mol. The number of carbonyl (C=O) groups excluding carboxylic acids is 2. The van der Waals surface area contributed by atoms with Crippen LogP contribution in [-0.2, 0) is 18.7 Å². The van der Waals surface area contributed by atoms with Crippen molar-refractivity contribution >= 4 is 55.0 Å². The van der Waals surface area contributed by atoms with Gasteiger partial charge in [0, 0.05) is 6.20 Å². The molecule has 0 radical (unpaired) electrons. The molecule has 0 saturated carbocycles. The molecule has 0 unspecified atom stereocenters. The molecule has 10 heteroatoms. The minimum Gasteiger partial charge on any atom is -0.508 e. The van der Waals surface area contributed by atoms with Gasteiger partial charge in [-0.2, -0.15) is 0 Å². The number of fused-ring (bicyclic) bond motifs is 3. The molecule has 2 saturated heterocycles. The van der Waals surface area contributed by atoms with Crippen LogP contribution in [0.5, 0.6) is 5.75 Å². The lowest BCUT2D eigenvalue weighted by Gasteiger charge is -2.46. The predicted molar refractivity (Wildman–Crippen MR) is 232 cm³/mol. The van der Waals surface area contributed by atoms with Gasteiger partial charge in [-0.25, -0.2) is 0 Å². The lowest BCUT2D eigenvalue weighted by atomic mass is 9.58. The van der Waals surface area contributed by atoms with Crippen LogP contribution in [0.4, 0.5) is 5.69 Å². The maximum atomic E-state index is 14.5. The lowest BCUT2D eigenvalue weighted by molar-refractivity contribution is -0.122. The van der Waals surface area contributed by atoms with Gasteiger partial charge in [0.1, 0.15) is 5.75 Å². The summed E-state index contributed by atoms with van der Waals surface area (Å²) in [6.45, 7) is 6.99. The fourth-order valence-corrected chi connectivity index (χ4v) is 14.1. The molecule has 2 aliphatic heterocycles. The van der Waals surface area contributed by atoms with E-state index in [4.69, 9.17) is 9.08 Å². The Morgan fingerprint density at radius 1 is 0.845 bits per heavy atom. The molecule has 3 aliphatic rings. The summed E-state index contributed by atoms with van der Waals surface area (Å²) < 4.78 is 14.0. The van der Waals surface area contributed by atoms with E-state index < -0.39 is 39.3 Å². The first-order valence-electron chi connectivity index (χ1n) is 20.2. The third-order valence-electron chi connectivity index (χ3n) is 12.1. The minimum absolute atomic E-state index is 0.188. The van der Waals surface area contributed by atoms with Crippen molar-refractivity contribution in [2.45, 2.75) is 57.5 Å². The Morgan fingerprint density at radius 2 is 1.47 bits per heavy atom. The zero-order valence-electron chi connectivity index (χ0n) is 33.2. The number of para-hydroxylation sites is 1. The highest BCUT2D eigenvalue weighted by atomic mass is 28.4. The van der Waals surface area contributed by atoms with E-state index in [-0.39, 0.29) is 35.5 Å². The number of hydrogen-bond acceptors (Lipinski definition) is 7. The largest absolute Gasteiger partial charge is 0.508 e. The molecule has 8 nitrogen and oxygen atoms in total. The maximum Gasteiger partial charge on any atom is 0.455 e. The van der Waals surface area contributed by atoms with E-state index in [0.29, 0.717) is 24.9 Å². The maximum absolute atomic E-state index is 14.5. The van der Waals surface area contributed by atoms with Crippen molar-refractivity contribution in [3.8, 4) is 5.75 Å². The summed E-state index contributed by atoms with van der Waals surface area (Å²) in [5.74, 6) is -1.91. The number of allylic oxidation sites excluding steroid dienone is 1. The first kappa shape index (κ1) is 39.4. The Kier molecular flexibility index (Phi) is 11.2. The van der Waals surface area contributed by atoms with Crippen molar-refractivity contribution in [1.29, 1.82) is 0 Å². The van der Waals surface area contributed by atoms with Crippen LogP contribution in [0.2, 0.25) is 11.4 Å². The first-order valence-corrected chi connectivity index (χ1v) is 22.1. The highest BCUT2D eigenvalue weighted by Gasteiger charge is 2.58. The number of amides is 2. The number of phenolic OH excluding ortho intramolecular Hbond substituents is 1. The summed E-state index contributed by atoms with van der Waals surface area (Å²) in [6.07, 6.45) is 4.88. The second-order valence-corrected chi connectivity index (χ2v) is 20.9. The fraction of sp³-hybridized carbons (Fsp3) is 0.271. The van der Waals surface area contributed by atoms with Crippen LogP contribution in [0.15, 0.2) is 151 Å². The monoisotopic (exact) mass is 788 g/mol. The zero-order valence-corrected chi connectivity index (χ0v) is 34.2. The Morgan fingerprint density at radius 3 is 2.07 bits per heavy atom. The van der Waals surface area contributed by atoms with Gasteiger partial charge in [0.05, 0.1) is 35.9 Å². The Hall–Kier alpha value is -5.39. The molecular formula is C48H49BN2O6Si. The van der Waals surface area contributed by atoms with Crippen LogP contribution in [0.25, 0.3) is 11.6 Å². The van der Waals surface area contributed by atoms with Crippen LogP contribution in [0.1, 0.15) is 51.3 Å². The second kappa shape index (κ2) is 16.5. The number of nitrogens with zero attached hydrogens (tertiary/aromatic N) is 2. The van der Waals surface area contributed by atoms with Gasteiger partial charge in [-0.1, -0.05) is 118 Å². The first-order chi connectivity index (χ1) is 28.0. The van der Waals surface area contributed by atoms with E-state index in [9.17, 15) is 19.7 Å². The number of hydrogen-bond donors (Lipinski definition) is 2. The fourth-order valence-electron chi connectivity index (χ4n) is 9.57. The van der Waals surface area contributed by atoms with E-state index in [1.807, 2.05) is 60.7 Å². The van der Waals surface area contributed by atoms with Crippen LogP contribution in [0.3, 0.4) is 0 Å². The predicted octanol–water partition coefficient (Wildman–Crippen LogP) is 7.69. The molecule has 2 N–H and O–H groups in total. The average Bonchev–Trinajstić information content (AvgIpc) is 3.49. The quantitative estimate of drug-likeness (QED) is 0.0803. The molecule has 4 aromatic carbocycles. The second-order valence-electron chi connectivity index (χ2n) is 16.6. The van der Waals surface area contributed by atoms with Crippen molar-refractivity contribution in [1.82, 2.24) is 4.98 Å². The number of anilines is 1. The number of aromatic nitrogens is 1. The van der Waals surface area contributed by atoms with Gasteiger partial charge in [0.2, 0.25) is 11.8 Å². The number of imide groups is 1. The minimum atomic E-state index is -3.01. The molecule has 8 rings (SSSR count). The van der Waals surface area contributed by atoms with Gasteiger partial charge in [-0.3, -0.25) is 19.5 Å². The molecule has 0 bridgehead atoms. The van der Waals surface area contributed by atoms with Crippen LogP contribution < -0.4 is 15.3 Å². The summed E-state index contributed by atoms with van der Waals surface area (Å²) in [5, 5.41) is 23.4. The summed E-state index contributed by atoms with van der Waals surface area (Å²) in [4.78, 5) is 35.0. The number of aromatic hydroxyl groups is 1. The van der Waals surface area contributed by atoms with Gasteiger partial charge in [-0.05, 0) is 112 Å². The number of benzene rings is 4. The molecule has 1 aliphatic carbocycles. The third-order valence-corrected chi connectivity index (χ3v) is 17.1. The van der Waals surface area contributed by atoms with Crippen molar-refractivity contribution in [3.05, 3.63) is 162 Å². The number of phenols is 1. The lowest BCUT2D eigenvalue weighted by Crippen LogP contribution is -2.66. The zero-order chi connectivity index (χ0) is 40.4. The van der Waals surface area contributed by atoms with E-state index in [0.717, 1.165) is 38.4 Å². The Bertz CT molecular complexity index is 2260. The van der Waals surface area contributed by atoms with Crippen LogP contribution >= 0.6 is 0 Å². The number of rotatable bonds is 11. The molecule has 3 heterocycles. The number of pyridine rings is 1.